The summed E-state index contributed by atoms with van der Waals surface area (Å²) < 4.78 is 0. The fourth-order valence-electron chi connectivity index (χ4n) is 1.98. The number of hydrogen-bond acceptors (Lipinski definition) is 2. The molecule has 15 heavy (non-hydrogen) atoms. The first-order valence-corrected chi connectivity index (χ1v) is 5.25. The first kappa shape index (κ1) is 12.5. The number of hydrogen-bond donors (Lipinski definition) is 2. The molecule has 0 saturated carbocycles. The third-order valence-corrected chi connectivity index (χ3v) is 2.90. The highest BCUT2D eigenvalue weighted by molar-refractivity contribution is 5.85. The summed E-state index contributed by atoms with van der Waals surface area (Å²) in [5.41, 5.74) is 2.26. The fourth-order valence-corrected chi connectivity index (χ4v) is 1.98. The number of aliphatic hydroxyl groups is 1. The molecule has 1 heterocycles. The predicted molar refractivity (Wildman–Crippen MR) is 64.4 cm³/mol. The maximum atomic E-state index is 10.0. The lowest BCUT2D eigenvalue weighted by molar-refractivity contribution is 0.137. The first-order chi connectivity index (χ1) is 6.77. The Bertz CT molecular complexity index is 293. The number of rotatable bonds is 2. The molecule has 0 amide bonds. The Morgan fingerprint density at radius 3 is 2.53 bits per heavy atom. The molecule has 0 bridgehead atoms. The van der Waals surface area contributed by atoms with E-state index in [1.54, 1.807) is 0 Å². The minimum Gasteiger partial charge on any atom is -0.387 e. The monoisotopic (exact) mass is 227 g/mol. The van der Waals surface area contributed by atoms with Gasteiger partial charge in [0.15, 0.2) is 0 Å². The van der Waals surface area contributed by atoms with E-state index in [0.29, 0.717) is 0 Å². The third-order valence-electron chi connectivity index (χ3n) is 2.90. The van der Waals surface area contributed by atoms with Gasteiger partial charge in [0.1, 0.15) is 0 Å². The Labute approximate surface area is 97.1 Å². The second-order valence-corrected chi connectivity index (χ2v) is 4.06. The number of halogens is 1. The lowest BCUT2D eigenvalue weighted by atomic mass is 10.0. The molecule has 0 spiro atoms. The van der Waals surface area contributed by atoms with Gasteiger partial charge in [-0.3, -0.25) is 0 Å². The molecule has 1 aromatic carbocycles. The summed E-state index contributed by atoms with van der Waals surface area (Å²) in [6.07, 6.45) is 1.90. The molecule has 3 heteroatoms. The molecule has 1 saturated heterocycles. The second kappa shape index (κ2) is 5.50. The predicted octanol–water partition coefficient (Wildman–Crippen LogP) is 2.20. The average molecular weight is 228 g/mol. The molecule has 1 unspecified atom stereocenters. The lowest BCUT2D eigenvalue weighted by Gasteiger charge is -2.18. The fraction of sp³-hybridized carbons (Fsp3) is 0.500. The number of aryl methyl sites for hydroxylation is 1. The topological polar surface area (TPSA) is 32.3 Å². The molecule has 1 aliphatic rings. The summed E-state index contributed by atoms with van der Waals surface area (Å²) in [5.74, 6) is 0. The van der Waals surface area contributed by atoms with Gasteiger partial charge in [-0.05, 0) is 31.9 Å². The van der Waals surface area contributed by atoms with Crippen LogP contribution in [0.25, 0.3) is 0 Å². The highest BCUT2D eigenvalue weighted by Crippen LogP contribution is 2.22. The van der Waals surface area contributed by atoms with Crippen molar-refractivity contribution in [1.82, 2.24) is 5.32 Å². The summed E-state index contributed by atoms with van der Waals surface area (Å²) in [5, 5.41) is 13.4. The zero-order valence-corrected chi connectivity index (χ0v) is 9.76. The largest absolute Gasteiger partial charge is 0.387 e. The van der Waals surface area contributed by atoms with Crippen molar-refractivity contribution < 1.29 is 5.11 Å². The van der Waals surface area contributed by atoms with Gasteiger partial charge in [0.05, 0.1) is 6.10 Å². The average Bonchev–Trinajstić information content (AvgIpc) is 2.71. The summed E-state index contributed by atoms with van der Waals surface area (Å²) >= 11 is 0. The highest BCUT2D eigenvalue weighted by Gasteiger charge is 2.23. The standard InChI is InChI=1S/C12H17NO.ClH/c1-9-4-6-10(7-5-9)12(14)11-3-2-8-13-11;/h4-7,11-14H,2-3,8H2,1H3;1H/t11-,12?;/m1./s1. The van der Waals surface area contributed by atoms with Gasteiger partial charge < -0.3 is 10.4 Å². The molecule has 2 nitrogen and oxygen atoms in total. The van der Waals surface area contributed by atoms with E-state index in [0.717, 1.165) is 18.5 Å². The molecule has 2 N–H and O–H groups in total. The minimum atomic E-state index is -0.349. The van der Waals surface area contributed by atoms with Gasteiger partial charge in [-0.15, -0.1) is 12.4 Å². The van der Waals surface area contributed by atoms with Gasteiger partial charge in [0, 0.05) is 6.04 Å². The van der Waals surface area contributed by atoms with E-state index in [1.165, 1.54) is 12.0 Å². The highest BCUT2D eigenvalue weighted by atomic mass is 35.5. The molecule has 2 rings (SSSR count). The van der Waals surface area contributed by atoms with Crippen molar-refractivity contribution in [1.29, 1.82) is 0 Å². The van der Waals surface area contributed by atoms with Crippen molar-refractivity contribution in [2.24, 2.45) is 0 Å². The molecule has 2 atom stereocenters. The van der Waals surface area contributed by atoms with E-state index in [9.17, 15) is 5.11 Å². The van der Waals surface area contributed by atoms with Crippen molar-refractivity contribution in [2.75, 3.05) is 6.54 Å². The molecule has 1 fully saturated rings. The van der Waals surface area contributed by atoms with Crippen molar-refractivity contribution in [3.63, 3.8) is 0 Å². The molecular formula is C12H18ClNO. The van der Waals surface area contributed by atoms with E-state index in [1.807, 2.05) is 24.3 Å². The molecule has 0 radical (unpaired) electrons. The smallest absolute Gasteiger partial charge is 0.0942 e. The Kier molecular flexibility index (Phi) is 4.58. The first-order valence-electron chi connectivity index (χ1n) is 5.25. The van der Waals surface area contributed by atoms with Crippen LogP contribution >= 0.6 is 12.4 Å². The van der Waals surface area contributed by atoms with E-state index in [2.05, 4.69) is 12.2 Å². The van der Waals surface area contributed by atoms with Gasteiger partial charge in [0.2, 0.25) is 0 Å². The minimum absolute atomic E-state index is 0. The zero-order valence-electron chi connectivity index (χ0n) is 8.94. The van der Waals surface area contributed by atoms with E-state index in [-0.39, 0.29) is 24.6 Å². The SMILES string of the molecule is Cc1ccc(C(O)[C@H]2CCCN2)cc1.Cl. The molecule has 0 aliphatic carbocycles. The van der Waals surface area contributed by atoms with Crippen LogP contribution in [0.1, 0.15) is 30.1 Å². The van der Waals surface area contributed by atoms with Gasteiger partial charge in [-0.1, -0.05) is 29.8 Å². The number of aliphatic hydroxyl groups excluding tert-OH is 1. The summed E-state index contributed by atoms with van der Waals surface area (Å²) in [6, 6.07) is 8.37. The maximum Gasteiger partial charge on any atom is 0.0942 e. The molecule has 84 valence electrons. The Balaban J connectivity index is 0.00000112. The van der Waals surface area contributed by atoms with Gasteiger partial charge >= 0.3 is 0 Å². The Hall–Kier alpha value is -0.570. The summed E-state index contributed by atoms with van der Waals surface area (Å²) in [7, 11) is 0. The van der Waals surface area contributed by atoms with Crippen LogP contribution in [0.15, 0.2) is 24.3 Å². The van der Waals surface area contributed by atoms with Crippen LogP contribution in [-0.4, -0.2) is 17.7 Å². The maximum absolute atomic E-state index is 10.0. The quantitative estimate of drug-likeness (QED) is 0.812. The molecule has 0 aromatic heterocycles. The normalized spacial score (nSPS) is 22.1. The van der Waals surface area contributed by atoms with Crippen LogP contribution in [0.2, 0.25) is 0 Å². The molecular weight excluding hydrogens is 210 g/mol. The Morgan fingerprint density at radius 2 is 2.00 bits per heavy atom. The number of nitrogens with one attached hydrogen (secondary N) is 1. The van der Waals surface area contributed by atoms with Gasteiger partial charge in [0.25, 0.3) is 0 Å². The van der Waals surface area contributed by atoms with Crippen LogP contribution in [0, 0.1) is 6.92 Å². The van der Waals surface area contributed by atoms with Crippen LogP contribution < -0.4 is 5.32 Å². The third kappa shape index (κ3) is 2.94. The van der Waals surface area contributed by atoms with Crippen molar-refractivity contribution in [2.45, 2.75) is 31.9 Å². The van der Waals surface area contributed by atoms with E-state index >= 15 is 0 Å². The molecule has 1 aromatic rings. The number of benzene rings is 1. The van der Waals surface area contributed by atoms with Crippen molar-refractivity contribution in [3.05, 3.63) is 35.4 Å². The van der Waals surface area contributed by atoms with Crippen LogP contribution in [0.3, 0.4) is 0 Å². The zero-order chi connectivity index (χ0) is 9.97. The van der Waals surface area contributed by atoms with Crippen molar-refractivity contribution in [3.8, 4) is 0 Å². The van der Waals surface area contributed by atoms with Gasteiger partial charge in [-0.2, -0.15) is 0 Å². The van der Waals surface area contributed by atoms with E-state index < -0.39 is 0 Å². The van der Waals surface area contributed by atoms with Crippen LogP contribution in [0.4, 0.5) is 0 Å². The molecule has 1 aliphatic heterocycles. The van der Waals surface area contributed by atoms with Gasteiger partial charge in [-0.25, -0.2) is 0 Å². The van der Waals surface area contributed by atoms with E-state index in [4.69, 9.17) is 0 Å². The summed E-state index contributed by atoms with van der Waals surface area (Å²) in [4.78, 5) is 0. The van der Waals surface area contributed by atoms with Crippen LogP contribution in [0.5, 0.6) is 0 Å². The lowest BCUT2D eigenvalue weighted by Crippen LogP contribution is -2.28. The van der Waals surface area contributed by atoms with Crippen molar-refractivity contribution >= 4 is 12.4 Å². The Morgan fingerprint density at radius 1 is 1.33 bits per heavy atom. The second-order valence-electron chi connectivity index (χ2n) is 4.06. The van der Waals surface area contributed by atoms with Crippen LogP contribution in [-0.2, 0) is 0 Å². The summed E-state index contributed by atoms with van der Waals surface area (Å²) in [6.45, 7) is 3.09.